The highest BCUT2D eigenvalue weighted by Crippen LogP contribution is 2.31. The molecule has 0 aromatic heterocycles. The van der Waals surface area contributed by atoms with E-state index in [-0.39, 0.29) is 5.69 Å². The van der Waals surface area contributed by atoms with Crippen LogP contribution in [0.3, 0.4) is 0 Å². The predicted octanol–water partition coefficient (Wildman–Crippen LogP) is -1.29. The van der Waals surface area contributed by atoms with Gasteiger partial charge in [0.15, 0.2) is 6.29 Å². The molecule has 1 unspecified atom stereocenters. The molecule has 0 spiro atoms. The lowest BCUT2D eigenvalue weighted by Crippen LogP contribution is -2.61. The molecule has 1 aliphatic heterocycles. The van der Waals surface area contributed by atoms with Crippen LogP contribution >= 0.6 is 0 Å². The number of anilines is 1. The van der Waals surface area contributed by atoms with Crippen molar-refractivity contribution in [3.05, 3.63) is 38.4 Å². The van der Waals surface area contributed by atoms with Gasteiger partial charge in [0.1, 0.15) is 24.0 Å². The van der Waals surface area contributed by atoms with Crippen LogP contribution in [0.5, 0.6) is 0 Å². The van der Waals surface area contributed by atoms with Gasteiger partial charge in [-0.25, -0.2) is 0 Å². The van der Waals surface area contributed by atoms with Crippen molar-refractivity contribution in [3.63, 3.8) is 0 Å². The van der Waals surface area contributed by atoms with Gasteiger partial charge >= 0.3 is 0 Å². The van der Waals surface area contributed by atoms with Crippen molar-refractivity contribution in [2.75, 3.05) is 11.9 Å². The summed E-state index contributed by atoms with van der Waals surface area (Å²) in [6, 6.07) is 1.46. The number of non-ortho nitro benzene ring substituents is 1. The molecular formula is C12H15N3O9. The minimum absolute atomic E-state index is 0.209. The highest BCUT2D eigenvalue weighted by Gasteiger charge is 2.44. The smallest absolute Gasteiger partial charge is 0.299 e. The second-order valence-electron chi connectivity index (χ2n) is 5.11. The SMILES string of the molecule is O=[N+]([O-])c1ccc(N[C@H]2[C@H](O)[C@@H](CO)OC(O)[C@@H]2O)c([N+](=O)[O-])c1. The molecule has 1 saturated heterocycles. The van der Waals surface area contributed by atoms with Crippen LogP contribution in [0.2, 0.25) is 0 Å². The summed E-state index contributed by atoms with van der Waals surface area (Å²) in [5.41, 5.74) is -1.36. The molecular weight excluding hydrogens is 330 g/mol. The van der Waals surface area contributed by atoms with E-state index in [1.165, 1.54) is 0 Å². The van der Waals surface area contributed by atoms with E-state index in [9.17, 15) is 35.5 Å². The van der Waals surface area contributed by atoms with Crippen LogP contribution in [0, 0.1) is 20.2 Å². The first-order chi connectivity index (χ1) is 11.3. The summed E-state index contributed by atoms with van der Waals surface area (Å²) >= 11 is 0. The Morgan fingerprint density at radius 1 is 1.12 bits per heavy atom. The highest BCUT2D eigenvalue weighted by molar-refractivity contribution is 5.66. The number of nitrogens with zero attached hydrogens (tertiary/aromatic N) is 2. The number of nitro benzene ring substituents is 2. The molecule has 0 saturated carbocycles. The summed E-state index contributed by atoms with van der Waals surface area (Å²) < 4.78 is 4.80. The summed E-state index contributed by atoms with van der Waals surface area (Å²) in [6.45, 7) is -0.661. The molecule has 1 fully saturated rings. The van der Waals surface area contributed by atoms with Gasteiger partial charge in [-0.05, 0) is 6.07 Å². The minimum atomic E-state index is -1.74. The fourth-order valence-corrected chi connectivity index (χ4v) is 2.36. The maximum atomic E-state index is 11.1. The Hall–Kier alpha value is -2.38. The molecule has 2 rings (SSSR count). The zero-order valence-electron chi connectivity index (χ0n) is 12.1. The summed E-state index contributed by atoms with van der Waals surface area (Å²) in [5.74, 6) is 0. The first kappa shape index (κ1) is 18.0. The van der Waals surface area contributed by atoms with Gasteiger partial charge < -0.3 is 30.5 Å². The fraction of sp³-hybridized carbons (Fsp3) is 0.500. The molecule has 12 heteroatoms. The third-order valence-corrected chi connectivity index (χ3v) is 3.61. The lowest BCUT2D eigenvalue weighted by molar-refractivity contribution is -0.393. The van der Waals surface area contributed by atoms with E-state index in [1.54, 1.807) is 0 Å². The standard InChI is InChI=1S/C12H15N3O9/c16-4-8-10(17)9(11(18)12(19)24-8)13-6-2-1-5(14(20)21)3-7(6)15(22)23/h1-3,8-13,16-19H,4H2/t8-,9+,10-,11-,12?/m1/s1. The molecule has 132 valence electrons. The Kier molecular flexibility index (Phi) is 5.26. The quantitative estimate of drug-likeness (QED) is 0.317. The highest BCUT2D eigenvalue weighted by atomic mass is 16.6. The molecule has 1 heterocycles. The number of nitrogens with one attached hydrogen (secondary N) is 1. The molecule has 1 aromatic rings. The van der Waals surface area contributed by atoms with E-state index in [4.69, 9.17) is 9.84 Å². The van der Waals surface area contributed by atoms with Crippen molar-refractivity contribution in [1.82, 2.24) is 0 Å². The van der Waals surface area contributed by atoms with E-state index in [0.29, 0.717) is 0 Å². The van der Waals surface area contributed by atoms with Gasteiger partial charge in [-0.2, -0.15) is 0 Å². The zero-order chi connectivity index (χ0) is 18.0. The Labute approximate surface area is 134 Å². The first-order valence-electron chi connectivity index (χ1n) is 6.76. The van der Waals surface area contributed by atoms with Crippen molar-refractivity contribution < 1.29 is 35.0 Å². The van der Waals surface area contributed by atoms with E-state index in [1.807, 2.05) is 0 Å². The van der Waals surface area contributed by atoms with Gasteiger partial charge in [0.25, 0.3) is 11.4 Å². The van der Waals surface area contributed by atoms with Gasteiger partial charge in [0.2, 0.25) is 0 Å². The lowest BCUT2D eigenvalue weighted by Gasteiger charge is -2.40. The van der Waals surface area contributed by atoms with Crippen molar-refractivity contribution in [3.8, 4) is 0 Å². The third kappa shape index (κ3) is 3.42. The molecule has 24 heavy (non-hydrogen) atoms. The summed E-state index contributed by atoms with van der Waals surface area (Å²) in [6.07, 6.45) is -6.11. The molecule has 0 bridgehead atoms. The number of rotatable bonds is 5. The number of aliphatic hydroxyl groups is 4. The van der Waals surface area contributed by atoms with Crippen LogP contribution in [-0.4, -0.2) is 67.5 Å². The molecule has 5 atom stereocenters. The maximum Gasteiger partial charge on any atom is 0.299 e. The van der Waals surface area contributed by atoms with Gasteiger partial charge in [-0.3, -0.25) is 20.2 Å². The number of ether oxygens (including phenoxy) is 1. The topological polar surface area (TPSA) is 188 Å². The normalized spacial score (nSPS) is 29.9. The molecule has 5 N–H and O–H groups in total. The molecule has 1 aliphatic rings. The average Bonchev–Trinajstić information content (AvgIpc) is 2.54. The van der Waals surface area contributed by atoms with E-state index in [0.717, 1.165) is 18.2 Å². The minimum Gasteiger partial charge on any atom is -0.394 e. The van der Waals surface area contributed by atoms with E-state index < -0.39 is 58.5 Å². The first-order valence-corrected chi connectivity index (χ1v) is 6.76. The van der Waals surface area contributed by atoms with Crippen LogP contribution < -0.4 is 5.32 Å². The average molecular weight is 345 g/mol. The number of nitro groups is 2. The fourth-order valence-electron chi connectivity index (χ4n) is 2.36. The van der Waals surface area contributed by atoms with Crippen LogP contribution in [-0.2, 0) is 4.74 Å². The largest absolute Gasteiger partial charge is 0.394 e. The molecule has 0 aliphatic carbocycles. The van der Waals surface area contributed by atoms with Gasteiger partial charge in [-0.1, -0.05) is 0 Å². The second-order valence-corrected chi connectivity index (χ2v) is 5.11. The molecule has 1 aromatic carbocycles. The summed E-state index contributed by atoms with van der Waals surface area (Å²) in [5, 5.41) is 62.9. The second kappa shape index (κ2) is 7.02. The Morgan fingerprint density at radius 3 is 2.33 bits per heavy atom. The number of hydrogen-bond acceptors (Lipinski definition) is 10. The van der Waals surface area contributed by atoms with Crippen LogP contribution in [0.4, 0.5) is 17.1 Å². The summed E-state index contributed by atoms with van der Waals surface area (Å²) in [7, 11) is 0. The Bertz CT molecular complexity index is 640. The maximum absolute atomic E-state index is 11.1. The van der Waals surface area contributed by atoms with Crippen LogP contribution in [0.15, 0.2) is 18.2 Å². The van der Waals surface area contributed by atoms with Gasteiger partial charge in [0, 0.05) is 6.07 Å². The van der Waals surface area contributed by atoms with Crippen molar-refractivity contribution in [2.45, 2.75) is 30.6 Å². The zero-order valence-corrected chi connectivity index (χ0v) is 12.1. The molecule has 0 amide bonds. The van der Waals surface area contributed by atoms with E-state index >= 15 is 0 Å². The van der Waals surface area contributed by atoms with Crippen molar-refractivity contribution in [2.24, 2.45) is 0 Å². The van der Waals surface area contributed by atoms with Crippen molar-refractivity contribution in [1.29, 1.82) is 0 Å². The number of aliphatic hydroxyl groups excluding tert-OH is 4. The Balaban J connectivity index is 2.34. The monoisotopic (exact) mass is 345 g/mol. The van der Waals surface area contributed by atoms with Gasteiger partial charge in [0.05, 0.1) is 28.6 Å². The predicted molar refractivity (Wildman–Crippen MR) is 77.1 cm³/mol. The van der Waals surface area contributed by atoms with Crippen molar-refractivity contribution >= 4 is 17.1 Å². The van der Waals surface area contributed by atoms with Gasteiger partial charge in [-0.15, -0.1) is 0 Å². The van der Waals surface area contributed by atoms with Crippen LogP contribution in [0.25, 0.3) is 0 Å². The third-order valence-electron chi connectivity index (χ3n) is 3.61. The lowest BCUT2D eigenvalue weighted by atomic mass is 9.96. The van der Waals surface area contributed by atoms with E-state index in [2.05, 4.69) is 5.32 Å². The van der Waals surface area contributed by atoms with Crippen LogP contribution in [0.1, 0.15) is 0 Å². The molecule has 12 nitrogen and oxygen atoms in total. The molecule has 0 radical (unpaired) electrons. The summed E-state index contributed by atoms with van der Waals surface area (Å²) in [4.78, 5) is 20.1. The number of hydrogen-bond donors (Lipinski definition) is 5. The Morgan fingerprint density at radius 2 is 1.79 bits per heavy atom. The number of benzene rings is 1.